The van der Waals surface area contributed by atoms with E-state index < -0.39 is 21.4 Å². The zero-order chi connectivity index (χ0) is 17.9. The van der Waals surface area contributed by atoms with Crippen molar-refractivity contribution in [3.8, 4) is 0 Å². The molecule has 0 aliphatic heterocycles. The van der Waals surface area contributed by atoms with Crippen molar-refractivity contribution < 1.29 is 18.0 Å². The van der Waals surface area contributed by atoms with Crippen LogP contribution in [0.15, 0.2) is 64.0 Å². The summed E-state index contributed by atoms with van der Waals surface area (Å²) in [6.07, 6.45) is 3.10. The predicted octanol–water partition coefficient (Wildman–Crippen LogP) is 3.70. The fraction of sp³-hybridized carbons (Fsp3) is 0.278. The van der Waals surface area contributed by atoms with Gasteiger partial charge in [0.15, 0.2) is 0 Å². The van der Waals surface area contributed by atoms with Crippen molar-refractivity contribution in [2.75, 3.05) is 0 Å². The molecule has 3 rings (SSSR count). The molecule has 1 aliphatic rings. The molecule has 5 nitrogen and oxygen atoms in total. The number of nitrogens with one attached hydrogen (secondary N) is 1. The number of hydrogen-bond donors (Lipinski definition) is 1. The Bertz CT molecular complexity index is 862. The van der Waals surface area contributed by atoms with Crippen LogP contribution in [0.1, 0.15) is 31.2 Å². The molecule has 2 aromatic carbocycles. The van der Waals surface area contributed by atoms with Gasteiger partial charge in [0, 0.05) is 4.47 Å². The van der Waals surface area contributed by atoms with Crippen LogP contribution in [0.2, 0.25) is 0 Å². The number of sulfonamides is 1. The van der Waals surface area contributed by atoms with E-state index in [-0.39, 0.29) is 4.90 Å². The monoisotopic (exact) mass is 423 g/mol. The van der Waals surface area contributed by atoms with Crippen LogP contribution < -0.4 is 4.89 Å². The highest BCUT2D eigenvalue weighted by molar-refractivity contribution is 9.10. The maximum atomic E-state index is 12.8. The van der Waals surface area contributed by atoms with Crippen LogP contribution in [0, 0.1) is 0 Å². The van der Waals surface area contributed by atoms with Crippen molar-refractivity contribution >= 4 is 31.9 Å². The van der Waals surface area contributed by atoms with Crippen LogP contribution in [0.5, 0.6) is 0 Å². The standard InChI is InChI=1S/C18H18BrNO4S/c19-15-10-4-5-11-16(15)25(22,23)20-24-17(21)18(12-6-7-13-18)14-8-2-1-3-9-14/h1-5,8-11,20H,6-7,12-13H2. The molecule has 1 N–H and O–H groups in total. The summed E-state index contributed by atoms with van der Waals surface area (Å²) in [5.41, 5.74) is 0.0649. The molecule has 1 aliphatic carbocycles. The van der Waals surface area contributed by atoms with Crippen molar-refractivity contribution in [3.05, 3.63) is 64.6 Å². The smallest absolute Gasteiger partial charge is 0.336 e. The largest absolute Gasteiger partial charge is 0.355 e. The van der Waals surface area contributed by atoms with Gasteiger partial charge in [0.25, 0.3) is 10.0 Å². The maximum absolute atomic E-state index is 12.8. The summed E-state index contributed by atoms with van der Waals surface area (Å²) >= 11 is 3.19. The zero-order valence-electron chi connectivity index (χ0n) is 13.4. The second kappa shape index (κ2) is 7.27. The van der Waals surface area contributed by atoms with Crippen molar-refractivity contribution in [1.82, 2.24) is 4.89 Å². The number of benzene rings is 2. The van der Waals surface area contributed by atoms with Gasteiger partial charge >= 0.3 is 5.97 Å². The first-order chi connectivity index (χ1) is 12.0. The van der Waals surface area contributed by atoms with Gasteiger partial charge in [0.05, 0.1) is 10.3 Å². The van der Waals surface area contributed by atoms with Gasteiger partial charge in [-0.25, -0.2) is 13.2 Å². The highest BCUT2D eigenvalue weighted by Gasteiger charge is 2.45. The third kappa shape index (κ3) is 3.63. The third-order valence-corrected chi connectivity index (χ3v) is 6.74. The van der Waals surface area contributed by atoms with Gasteiger partial charge in [0.2, 0.25) is 0 Å². The molecule has 0 heterocycles. The summed E-state index contributed by atoms with van der Waals surface area (Å²) in [4.78, 5) is 19.8. The molecule has 0 atom stereocenters. The van der Waals surface area contributed by atoms with Gasteiger partial charge in [-0.05, 0) is 51.4 Å². The lowest BCUT2D eigenvalue weighted by Crippen LogP contribution is -2.39. The van der Waals surface area contributed by atoms with Crippen LogP contribution in [-0.2, 0) is 25.1 Å². The van der Waals surface area contributed by atoms with Crippen molar-refractivity contribution in [1.29, 1.82) is 0 Å². The molecule has 0 unspecified atom stereocenters. The minimum Gasteiger partial charge on any atom is -0.355 e. The van der Waals surface area contributed by atoms with Crippen molar-refractivity contribution in [2.45, 2.75) is 36.0 Å². The Kier molecular flexibility index (Phi) is 5.27. The summed E-state index contributed by atoms with van der Waals surface area (Å²) in [6, 6.07) is 15.7. The molecule has 0 saturated heterocycles. The predicted molar refractivity (Wildman–Crippen MR) is 97.1 cm³/mol. The van der Waals surface area contributed by atoms with Crippen LogP contribution >= 0.6 is 15.9 Å². The van der Waals surface area contributed by atoms with E-state index in [2.05, 4.69) is 15.9 Å². The molecule has 2 aromatic rings. The lowest BCUT2D eigenvalue weighted by atomic mass is 9.79. The second-order valence-electron chi connectivity index (χ2n) is 6.06. The molecule has 0 radical (unpaired) electrons. The van der Waals surface area contributed by atoms with Gasteiger partial charge in [-0.3, -0.25) is 0 Å². The average Bonchev–Trinajstić information content (AvgIpc) is 3.12. The van der Waals surface area contributed by atoms with E-state index >= 15 is 0 Å². The fourth-order valence-corrected chi connectivity index (χ4v) is 5.03. The van der Waals surface area contributed by atoms with Gasteiger partial charge in [-0.15, -0.1) is 0 Å². The van der Waals surface area contributed by atoms with E-state index in [0.717, 1.165) is 18.4 Å². The first-order valence-corrected chi connectivity index (χ1v) is 10.3. The average molecular weight is 424 g/mol. The summed E-state index contributed by atoms with van der Waals surface area (Å²) in [5, 5.41) is 0. The van der Waals surface area contributed by atoms with E-state index in [4.69, 9.17) is 4.84 Å². The fourth-order valence-electron chi connectivity index (χ4n) is 3.24. The van der Waals surface area contributed by atoms with Crippen molar-refractivity contribution in [2.24, 2.45) is 0 Å². The summed E-state index contributed by atoms with van der Waals surface area (Å²) in [6.45, 7) is 0. The third-order valence-electron chi connectivity index (χ3n) is 4.54. The number of carbonyl (C=O) groups excluding carboxylic acids is 1. The first-order valence-electron chi connectivity index (χ1n) is 7.99. The summed E-state index contributed by atoms with van der Waals surface area (Å²) in [7, 11) is -3.96. The number of carbonyl (C=O) groups is 1. The zero-order valence-corrected chi connectivity index (χ0v) is 15.8. The van der Waals surface area contributed by atoms with Gasteiger partial charge in [-0.1, -0.05) is 55.3 Å². The van der Waals surface area contributed by atoms with E-state index in [1.165, 1.54) is 6.07 Å². The Labute approximate surface area is 155 Å². The first kappa shape index (κ1) is 18.1. The SMILES string of the molecule is O=C(ONS(=O)(=O)c1ccccc1Br)C1(c2ccccc2)CCCC1. The van der Waals surface area contributed by atoms with Crippen LogP contribution in [-0.4, -0.2) is 14.4 Å². The lowest BCUT2D eigenvalue weighted by molar-refractivity contribution is -0.154. The Morgan fingerprint density at radius 2 is 1.60 bits per heavy atom. The second-order valence-corrected chi connectivity index (χ2v) is 8.53. The topological polar surface area (TPSA) is 72.5 Å². The van der Waals surface area contributed by atoms with Crippen molar-refractivity contribution in [3.63, 3.8) is 0 Å². The lowest BCUT2D eigenvalue weighted by Gasteiger charge is -2.26. The van der Waals surface area contributed by atoms with Crippen LogP contribution in [0.4, 0.5) is 0 Å². The normalized spacial score (nSPS) is 16.5. The molecular weight excluding hydrogens is 406 g/mol. The Morgan fingerprint density at radius 1 is 1.00 bits per heavy atom. The molecule has 25 heavy (non-hydrogen) atoms. The Balaban J connectivity index is 1.81. The quantitative estimate of drug-likeness (QED) is 0.744. The molecule has 0 amide bonds. The minimum atomic E-state index is -3.96. The number of halogens is 1. The van der Waals surface area contributed by atoms with Gasteiger partial charge < -0.3 is 4.84 Å². The van der Waals surface area contributed by atoms with Gasteiger partial charge in [-0.2, -0.15) is 0 Å². The van der Waals surface area contributed by atoms with E-state index in [0.29, 0.717) is 17.3 Å². The number of rotatable bonds is 5. The minimum absolute atomic E-state index is 0.0167. The number of hydrogen-bond acceptors (Lipinski definition) is 4. The summed E-state index contributed by atoms with van der Waals surface area (Å²) < 4.78 is 25.2. The van der Waals surface area contributed by atoms with E-state index in [1.807, 2.05) is 35.2 Å². The molecule has 1 fully saturated rings. The molecule has 0 aromatic heterocycles. The molecule has 132 valence electrons. The van der Waals surface area contributed by atoms with E-state index in [1.54, 1.807) is 18.2 Å². The maximum Gasteiger partial charge on any atom is 0.336 e. The van der Waals surface area contributed by atoms with Gasteiger partial charge in [0.1, 0.15) is 0 Å². The molecule has 1 saturated carbocycles. The molecular formula is C18H18BrNO4S. The van der Waals surface area contributed by atoms with E-state index in [9.17, 15) is 13.2 Å². The van der Waals surface area contributed by atoms with Crippen LogP contribution in [0.25, 0.3) is 0 Å². The highest BCUT2D eigenvalue weighted by atomic mass is 79.9. The van der Waals surface area contributed by atoms with Crippen LogP contribution in [0.3, 0.4) is 0 Å². The highest BCUT2D eigenvalue weighted by Crippen LogP contribution is 2.42. The summed E-state index contributed by atoms with van der Waals surface area (Å²) in [5.74, 6) is -0.563. The Hall–Kier alpha value is -1.70. The molecule has 7 heteroatoms. The molecule has 0 bridgehead atoms. The Morgan fingerprint density at radius 3 is 2.24 bits per heavy atom. The molecule has 0 spiro atoms.